The standard InChI is InChI=1S/C12H16N2S2/c1-3-9-8-16-12(13-9)14-10-5-4-6-11(7-10)15-2/h4-7,9H,3,8H2,1-2H3,(H,13,14). The number of amidine groups is 1. The van der Waals surface area contributed by atoms with E-state index in [1.54, 1.807) is 11.8 Å². The largest absolute Gasteiger partial charge is 0.335 e. The molecule has 2 rings (SSSR count). The number of rotatable bonds is 3. The molecular formula is C12H16N2S2. The van der Waals surface area contributed by atoms with E-state index in [2.05, 4.69) is 47.8 Å². The van der Waals surface area contributed by atoms with Crippen LogP contribution in [0.2, 0.25) is 0 Å². The van der Waals surface area contributed by atoms with Crippen LogP contribution < -0.4 is 5.32 Å². The van der Waals surface area contributed by atoms with Crippen LogP contribution in [0.4, 0.5) is 5.69 Å². The Morgan fingerprint density at radius 2 is 2.44 bits per heavy atom. The Balaban J connectivity index is 2.04. The summed E-state index contributed by atoms with van der Waals surface area (Å²) < 4.78 is 0. The van der Waals surface area contributed by atoms with Crippen LogP contribution in [0.25, 0.3) is 0 Å². The van der Waals surface area contributed by atoms with Gasteiger partial charge in [-0.05, 0) is 30.9 Å². The highest BCUT2D eigenvalue weighted by atomic mass is 32.2. The number of nitrogens with zero attached hydrogens (tertiary/aromatic N) is 1. The molecule has 0 saturated heterocycles. The van der Waals surface area contributed by atoms with Gasteiger partial charge in [-0.3, -0.25) is 4.99 Å². The van der Waals surface area contributed by atoms with Gasteiger partial charge in [-0.15, -0.1) is 11.8 Å². The molecule has 1 aliphatic heterocycles. The Kier molecular flexibility index (Phi) is 4.18. The summed E-state index contributed by atoms with van der Waals surface area (Å²) in [6, 6.07) is 8.94. The van der Waals surface area contributed by atoms with E-state index in [9.17, 15) is 0 Å². The van der Waals surface area contributed by atoms with Crippen LogP contribution in [0.3, 0.4) is 0 Å². The van der Waals surface area contributed by atoms with Gasteiger partial charge in [-0.2, -0.15) is 0 Å². The summed E-state index contributed by atoms with van der Waals surface area (Å²) in [7, 11) is 0. The van der Waals surface area contributed by atoms with Crippen molar-refractivity contribution in [1.82, 2.24) is 0 Å². The Labute approximate surface area is 105 Å². The quantitative estimate of drug-likeness (QED) is 0.830. The summed E-state index contributed by atoms with van der Waals surface area (Å²) in [5.74, 6) is 1.11. The van der Waals surface area contributed by atoms with Crippen LogP contribution in [-0.2, 0) is 0 Å². The van der Waals surface area contributed by atoms with Crippen LogP contribution in [0.15, 0.2) is 34.2 Å². The molecule has 4 heteroatoms. The fourth-order valence-electron chi connectivity index (χ4n) is 1.52. The topological polar surface area (TPSA) is 24.4 Å². The van der Waals surface area contributed by atoms with Crippen molar-refractivity contribution in [3.05, 3.63) is 24.3 Å². The molecule has 1 heterocycles. The molecule has 1 aromatic rings. The molecule has 1 unspecified atom stereocenters. The number of benzene rings is 1. The van der Waals surface area contributed by atoms with Gasteiger partial charge in [0.2, 0.25) is 0 Å². The monoisotopic (exact) mass is 252 g/mol. The Morgan fingerprint density at radius 1 is 1.56 bits per heavy atom. The van der Waals surface area contributed by atoms with Gasteiger partial charge in [0.25, 0.3) is 0 Å². The first-order valence-electron chi connectivity index (χ1n) is 5.43. The maximum absolute atomic E-state index is 4.62. The summed E-state index contributed by atoms with van der Waals surface area (Å²) in [4.78, 5) is 5.90. The first-order valence-corrected chi connectivity index (χ1v) is 7.64. The molecule has 1 aliphatic rings. The third kappa shape index (κ3) is 2.95. The smallest absolute Gasteiger partial charge is 0.161 e. The molecular weight excluding hydrogens is 236 g/mol. The molecule has 2 nitrogen and oxygen atoms in total. The van der Waals surface area contributed by atoms with Crippen molar-refractivity contribution < 1.29 is 0 Å². The summed E-state index contributed by atoms with van der Waals surface area (Å²) >= 11 is 3.57. The van der Waals surface area contributed by atoms with E-state index in [0.29, 0.717) is 6.04 Å². The van der Waals surface area contributed by atoms with Crippen LogP contribution in [0, 0.1) is 0 Å². The van der Waals surface area contributed by atoms with E-state index in [1.807, 2.05) is 11.8 Å². The van der Waals surface area contributed by atoms with Gasteiger partial charge in [0, 0.05) is 16.3 Å². The Hall–Kier alpha value is -0.610. The third-order valence-corrected chi connectivity index (χ3v) is 4.26. The van der Waals surface area contributed by atoms with Crippen molar-refractivity contribution in [2.24, 2.45) is 4.99 Å². The van der Waals surface area contributed by atoms with Gasteiger partial charge in [-0.25, -0.2) is 0 Å². The molecule has 86 valence electrons. The highest BCUT2D eigenvalue weighted by Gasteiger charge is 2.16. The minimum Gasteiger partial charge on any atom is -0.335 e. The lowest BCUT2D eigenvalue weighted by Gasteiger charge is -2.05. The van der Waals surface area contributed by atoms with Crippen LogP contribution in [-0.4, -0.2) is 23.2 Å². The van der Waals surface area contributed by atoms with Gasteiger partial charge < -0.3 is 5.32 Å². The van der Waals surface area contributed by atoms with E-state index >= 15 is 0 Å². The maximum atomic E-state index is 4.62. The SMILES string of the molecule is CCC1CSC(Nc2cccc(SC)c2)=N1. The zero-order valence-corrected chi connectivity index (χ0v) is 11.2. The molecule has 0 saturated carbocycles. The molecule has 0 spiro atoms. The van der Waals surface area contributed by atoms with Crippen molar-refractivity contribution in [2.45, 2.75) is 24.3 Å². The minimum absolute atomic E-state index is 0.497. The molecule has 1 atom stereocenters. The average Bonchev–Trinajstić information content (AvgIpc) is 2.77. The van der Waals surface area contributed by atoms with Crippen LogP contribution in [0.1, 0.15) is 13.3 Å². The van der Waals surface area contributed by atoms with E-state index < -0.39 is 0 Å². The van der Waals surface area contributed by atoms with Gasteiger partial charge in [0.1, 0.15) is 0 Å². The minimum atomic E-state index is 0.497. The summed E-state index contributed by atoms with van der Waals surface area (Å²) in [6.45, 7) is 2.19. The lowest BCUT2D eigenvalue weighted by molar-refractivity contribution is 0.738. The first-order chi connectivity index (χ1) is 7.81. The van der Waals surface area contributed by atoms with Crippen molar-refractivity contribution in [2.75, 3.05) is 17.3 Å². The average molecular weight is 252 g/mol. The highest BCUT2D eigenvalue weighted by molar-refractivity contribution is 8.14. The zero-order chi connectivity index (χ0) is 11.4. The van der Waals surface area contributed by atoms with Gasteiger partial charge >= 0.3 is 0 Å². The molecule has 0 fully saturated rings. The second-order valence-electron chi connectivity index (χ2n) is 3.66. The molecule has 0 amide bonds. The number of thioether (sulfide) groups is 2. The maximum Gasteiger partial charge on any atom is 0.161 e. The zero-order valence-electron chi connectivity index (χ0n) is 9.56. The van der Waals surface area contributed by atoms with E-state index in [1.165, 1.54) is 4.90 Å². The second kappa shape index (κ2) is 5.64. The summed E-state index contributed by atoms with van der Waals surface area (Å²) in [5.41, 5.74) is 1.13. The number of hydrogen-bond acceptors (Lipinski definition) is 4. The Morgan fingerprint density at radius 3 is 3.12 bits per heavy atom. The Bertz CT molecular complexity index is 390. The predicted octanol–water partition coefficient (Wildman–Crippen LogP) is 3.70. The molecule has 0 aliphatic carbocycles. The molecule has 1 aromatic carbocycles. The molecule has 0 bridgehead atoms. The number of nitrogens with one attached hydrogen (secondary N) is 1. The van der Waals surface area contributed by atoms with Crippen molar-refractivity contribution in [3.63, 3.8) is 0 Å². The lowest BCUT2D eigenvalue weighted by Crippen LogP contribution is -2.05. The summed E-state index contributed by atoms with van der Waals surface area (Å²) in [6.07, 6.45) is 3.22. The van der Waals surface area contributed by atoms with Crippen molar-refractivity contribution >= 4 is 34.4 Å². The van der Waals surface area contributed by atoms with E-state index in [4.69, 9.17) is 0 Å². The first kappa shape index (κ1) is 11.9. The lowest BCUT2D eigenvalue weighted by atomic mass is 10.3. The fourth-order valence-corrected chi connectivity index (χ4v) is 3.05. The van der Waals surface area contributed by atoms with Crippen molar-refractivity contribution in [1.29, 1.82) is 0 Å². The fraction of sp³-hybridized carbons (Fsp3) is 0.417. The third-order valence-electron chi connectivity index (χ3n) is 2.50. The second-order valence-corrected chi connectivity index (χ2v) is 5.55. The van der Waals surface area contributed by atoms with Gasteiger partial charge in [-0.1, -0.05) is 24.8 Å². The normalized spacial score (nSPS) is 19.6. The van der Waals surface area contributed by atoms with Gasteiger partial charge in [0.15, 0.2) is 5.17 Å². The molecule has 0 aromatic heterocycles. The van der Waals surface area contributed by atoms with Crippen molar-refractivity contribution in [3.8, 4) is 0 Å². The van der Waals surface area contributed by atoms with E-state index in [-0.39, 0.29) is 0 Å². The van der Waals surface area contributed by atoms with Gasteiger partial charge in [0.05, 0.1) is 6.04 Å². The molecule has 0 radical (unpaired) electrons. The van der Waals surface area contributed by atoms with Crippen LogP contribution in [0.5, 0.6) is 0 Å². The molecule has 1 N–H and O–H groups in total. The predicted molar refractivity (Wildman–Crippen MR) is 75.8 cm³/mol. The summed E-state index contributed by atoms with van der Waals surface area (Å²) in [5, 5.41) is 4.44. The molecule has 16 heavy (non-hydrogen) atoms. The number of hydrogen-bond donors (Lipinski definition) is 1. The van der Waals surface area contributed by atoms with E-state index in [0.717, 1.165) is 23.0 Å². The number of anilines is 1. The highest BCUT2D eigenvalue weighted by Crippen LogP contribution is 2.24. The van der Waals surface area contributed by atoms with Crippen LogP contribution >= 0.6 is 23.5 Å². The number of aliphatic imine (C=N–C) groups is 1.